The van der Waals surface area contributed by atoms with E-state index in [1.54, 1.807) is 0 Å². The van der Waals surface area contributed by atoms with Crippen LogP contribution >= 0.6 is 0 Å². The van der Waals surface area contributed by atoms with Crippen molar-refractivity contribution >= 4 is 0 Å². The van der Waals surface area contributed by atoms with Crippen LogP contribution < -0.4 is 5.32 Å². The van der Waals surface area contributed by atoms with Gasteiger partial charge in [0.05, 0.1) is 0 Å². The smallest absolute Gasteiger partial charge is 0.00644 e. The summed E-state index contributed by atoms with van der Waals surface area (Å²) in [6.45, 7) is 8.14. The third-order valence-electron chi connectivity index (χ3n) is 3.75. The van der Waals surface area contributed by atoms with Gasteiger partial charge in [-0.1, -0.05) is 13.3 Å². The molecule has 2 nitrogen and oxygen atoms in total. The molecule has 0 bridgehead atoms. The van der Waals surface area contributed by atoms with E-state index < -0.39 is 0 Å². The highest BCUT2D eigenvalue weighted by Crippen LogP contribution is 2.27. The third-order valence-corrected chi connectivity index (χ3v) is 3.75. The molecule has 1 rings (SSSR count). The molecule has 0 aromatic rings. The minimum absolute atomic E-state index is 0.754. The van der Waals surface area contributed by atoms with Crippen molar-refractivity contribution in [1.82, 2.24) is 10.2 Å². The van der Waals surface area contributed by atoms with Gasteiger partial charge in [-0.05, 0) is 58.7 Å². The van der Waals surface area contributed by atoms with Gasteiger partial charge in [0.25, 0.3) is 0 Å². The molecule has 0 radical (unpaired) electrons. The highest BCUT2D eigenvalue weighted by atomic mass is 15.1. The molecule has 0 heterocycles. The molecule has 1 aliphatic rings. The van der Waals surface area contributed by atoms with E-state index in [2.05, 4.69) is 31.1 Å². The van der Waals surface area contributed by atoms with Crippen molar-refractivity contribution in [1.29, 1.82) is 0 Å². The van der Waals surface area contributed by atoms with E-state index in [1.807, 2.05) is 0 Å². The Morgan fingerprint density at radius 3 is 2.67 bits per heavy atom. The Bertz CT molecular complexity index is 155. The number of nitrogens with zero attached hydrogens (tertiary/aromatic N) is 1. The van der Waals surface area contributed by atoms with Crippen LogP contribution in [0.3, 0.4) is 0 Å². The zero-order chi connectivity index (χ0) is 11.1. The minimum atomic E-state index is 0.754. The van der Waals surface area contributed by atoms with Gasteiger partial charge in [-0.2, -0.15) is 0 Å². The van der Waals surface area contributed by atoms with Crippen molar-refractivity contribution in [3.8, 4) is 0 Å². The summed E-state index contributed by atoms with van der Waals surface area (Å²) in [6, 6.07) is 0.754. The third kappa shape index (κ3) is 4.98. The van der Waals surface area contributed by atoms with E-state index in [0.717, 1.165) is 18.5 Å². The van der Waals surface area contributed by atoms with Gasteiger partial charge in [0, 0.05) is 12.6 Å². The van der Waals surface area contributed by atoms with Gasteiger partial charge in [0.15, 0.2) is 0 Å². The fraction of sp³-hybridized carbons (Fsp3) is 1.00. The molecule has 1 aliphatic carbocycles. The molecule has 1 N–H and O–H groups in total. The van der Waals surface area contributed by atoms with E-state index >= 15 is 0 Å². The standard InChI is InChI=1S/C13H28N2/c1-4-14-10-6-7-12(2)15(3)11-13-8-5-9-13/h12-14H,4-11H2,1-3H3. The maximum atomic E-state index is 3.39. The van der Waals surface area contributed by atoms with Gasteiger partial charge >= 0.3 is 0 Å². The molecule has 1 fully saturated rings. The van der Waals surface area contributed by atoms with Gasteiger partial charge in [0.1, 0.15) is 0 Å². The number of rotatable bonds is 8. The lowest BCUT2D eigenvalue weighted by atomic mass is 9.85. The van der Waals surface area contributed by atoms with E-state index in [9.17, 15) is 0 Å². The molecule has 2 heteroatoms. The van der Waals surface area contributed by atoms with Crippen molar-refractivity contribution in [2.45, 2.75) is 52.0 Å². The number of nitrogens with one attached hydrogen (secondary N) is 1. The molecular weight excluding hydrogens is 184 g/mol. The second kappa shape index (κ2) is 7.24. The zero-order valence-electron chi connectivity index (χ0n) is 10.8. The maximum Gasteiger partial charge on any atom is 0.00644 e. The molecule has 0 aromatic carbocycles. The molecule has 0 spiro atoms. The predicted octanol–water partition coefficient (Wildman–Crippen LogP) is 2.50. The van der Waals surface area contributed by atoms with Crippen LogP contribution in [0.1, 0.15) is 46.0 Å². The van der Waals surface area contributed by atoms with Crippen LogP contribution in [0.4, 0.5) is 0 Å². The van der Waals surface area contributed by atoms with Crippen LogP contribution in [0, 0.1) is 5.92 Å². The largest absolute Gasteiger partial charge is 0.317 e. The summed E-state index contributed by atoms with van der Waals surface area (Å²) in [5.41, 5.74) is 0. The summed E-state index contributed by atoms with van der Waals surface area (Å²) in [7, 11) is 2.29. The molecule has 0 aliphatic heterocycles. The van der Waals surface area contributed by atoms with Crippen molar-refractivity contribution in [3.63, 3.8) is 0 Å². The zero-order valence-corrected chi connectivity index (χ0v) is 10.8. The summed E-state index contributed by atoms with van der Waals surface area (Å²) in [5, 5.41) is 3.39. The minimum Gasteiger partial charge on any atom is -0.317 e. The molecular formula is C13H28N2. The van der Waals surface area contributed by atoms with Crippen LogP contribution in [0.2, 0.25) is 0 Å². The second-order valence-electron chi connectivity index (χ2n) is 5.08. The average molecular weight is 212 g/mol. The fourth-order valence-corrected chi connectivity index (χ4v) is 2.18. The summed E-state index contributed by atoms with van der Waals surface area (Å²) in [6.07, 6.45) is 7.04. The van der Waals surface area contributed by atoms with Crippen molar-refractivity contribution in [2.24, 2.45) is 5.92 Å². The topological polar surface area (TPSA) is 15.3 Å². The quantitative estimate of drug-likeness (QED) is 0.622. The molecule has 0 amide bonds. The second-order valence-corrected chi connectivity index (χ2v) is 5.08. The highest BCUT2D eigenvalue weighted by molar-refractivity contribution is 4.75. The van der Waals surface area contributed by atoms with E-state index in [0.29, 0.717) is 0 Å². The lowest BCUT2D eigenvalue weighted by Gasteiger charge is -2.33. The normalized spacial score (nSPS) is 19.2. The van der Waals surface area contributed by atoms with Crippen LogP contribution in [0.15, 0.2) is 0 Å². The average Bonchev–Trinajstić information content (AvgIpc) is 2.17. The van der Waals surface area contributed by atoms with Crippen LogP contribution in [0.5, 0.6) is 0 Å². The Kier molecular flexibility index (Phi) is 6.26. The fourth-order valence-electron chi connectivity index (χ4n) is 2.18. The van der Waals surface area contributed by atoms with Gasteiger partial charge in [-0.25, -0.2) is 0 Å². The summed E-state index contributed by atoms with van der Waals surface area (Å²) in [5.74, 6) is 1.01. The Morgan fingerprint density at radius 2 is 2.13 bits per heavy atom. The first-order valence-electron chi connectivity index (χ1n) is 6.65. The van der Waals surface area contributed by atoms with E-state index in [1.165, 1.54) is 45.2 Å². The Balaban J connectivity index is 2.01. The first-order chi connectivity index (χ1) is 7.24. The predicted molar refractivity (Wildman–Crippen MR) is 67.2 cm³/mol. The highest BCUT2D eigenvalue weighted by Gasteiger charge is 2.20. The monoisotopic (exact) mass is 212 g/mol. The first kappa shape index (κ1) is 13.0. The molecule has 0 aromatic heterocycles. The van der Waals surface area contributed by atoms with E-state index in [-0.39, 0.29) is 0 Å². The summed E-state index contributed by atoms with van der Waals surface area (Å²) < 4.78 is 0. The van der Waals surface area contributed by atoms with Crippen LogP contribution in [-0.4, -0.2) is 37.6 Å². The molecule has 1 atom stereocenters. The Morgan fingerprint density at radius 1 is 1.40 bits per heavy atom. The molecule has 1 unspecified atom stereocenters. The van der Waals surface area contributed by atoms with Crippen molar-refractivity contribution in [3.05, 3.63) is 0 Å². The molecule has 90 valence electrons. The number of hydrogen-bond donors (Lipinski definition) is 1. The molecule has 15 heavy (non-hydrogen) atoms. The van der Waals surface area contributed by atoms with Crippen LogP contribution in [-0.2, 0) is 0 Å². The molecule has 1 saturated carbocycles. The lowest BCUT2D eigenvalue weighted by Crippen LogP contribution is -2.36. The van der Waals surface area contributed by atoms with Crippen molar-refractivity contribution in [2.75, 3.05) is 26.7 Å². The summed E-state index contributed by atoms with van der Waals surface area (Å²) in [4.78, 5) is 2.55. The SMILES string of the molecule is CCNCCCC(C)N(C)CC1CCC1. The van der Waals surface area contributed by atoms with Gasteiger partial charge in [-0.15, -0.1) is 0 Å². The first-order valence-corrected chi connectivity index (χ1v) is 6.65. The Hall–Kier alpha value is -0.0800. The maximum absolute atomic E-state index is 3.39. The Labute approximate surface area is 95.4 Å². The van der Waals surface area contributed by atoms with Gasteiger partial charge in [0.2, 0.25) is 0 Å². The number of hydrogen-bond acceptors (Lipinski definition) is 2. The molecule has 0 saturated heterocycles. The van der Waals surface area contributed by atoms with Crippen molar-refractivity contribution < 1.29 is 0 Å². The van der Waals surface area contributed by atoms with E-state index in [4.69, 9.17) is 0 Å². The van der Waals surface area contributed by atoms with Gasteiger partial charge < -0.3 is 10.2 Å². The van der Waals surface area contributed by atoms with Gasteiger partial charge in [-0.3, -0.25) is 0 Å². The van der Waals surface area contributed by atoms with Crippen LogP contribution in [0.25, 0.3) is 0 Å². The lowest BCUT2D eigenvalue weighted by molar-refractivity contribution is 0.163. The summed E-state index contributed by atoms with van der Waals surface area (Å²) >= 11 is 0.